The number of rotatable bonds is 8. The number of anilines is 1. The number of amides is 1. The van der Waals surface area contributed by atoms with Crippen LogP contribution < -0.4 is 19.1 Å². The number of hydrogen-bond acceptors (Lipinski definition) is 5. The second kappa shape index (κ2) is 8.93. The van der Waals surface area contributed by atoms with Crippen molar-refractivity contribution in [3.05, 3.63) is 29.8 Å². The lowest BCUT2D eigenvalue weighted by molar-refractivity contribution is -0.119. The molecule has 0 unspecified atom stereocenters. The molecule has 8 heteroatoms. The van der Waals surface area contributed by atoms with E-state index in [1.807, 2.05) is 0 Å². The maximum Gasteiger partial charge on any atom is 0.241 e. The molecule has 1 N–H and O–H groups in total. The van der Waals surface area contributed by atoms with Crippen LogP contribution in [0.25, 0.3) is 0 Å². The summed E-state index contributed by atoms with van der Waals surface area (Å²) >= 11 is 0. The minimum atomic E-state index is -3.69. The predicted octanol–water partition coefficient (Wildman–Crippen LogP) is 2.09. The van der Waals surface area contributed by atoms with Crippen LogP contribution in [0.3, 0.4) is 0 Å². The van der Waals surface area contributed by atoms with E-state index >= 15 is 0 Å². The van der Waals surface area contributed by atoms with Gasteiger partial charge in [-0.15, -0.1) is 0 Å². The minimum absolute atomic E-state index is 0.265. The van der Waals surface area contributed by atoms with Gasteiger partial charge >= 0.3 is 0 Å². The first kappa shape index (κ1) is 20.1. The molecule has 0 aliphatic heterocycles. The van der Waals surface area contributed by atoms with E-state index in [1.165, 1.54) is 32.3 Å². The largest absolute Gasteiger partial charge is 0.497 e. The Balaban J connectivity index is 2.18. The normalized spacial score (nSPS) is 14.3. The average Bonchev–Trinajstić information content (AvgIpc) is 2.63. The highest BCUT2D eigenvalue weighted by Gasteiger charge is 2.24. The molecule has 0 saturated carbocycles. The first-order chi connectivity index (χ1) is 12.3. The van der Waals surface area contributed by atoms with Gasteiger partial charge in [-0.25, -0.2) is 8.42 Å². The molecule has 0 aromatic heterocycles. The molecule has 2 rings (SSSR count). The van der Waals surface area contributed by atoms with E-state index in [-0.39, 0.29) is 18.1 Å². The standard InChI is InChI=1S/C18H26N2O5S/c1-24-15-9-10-17(25-2)16(11-15)20(26(3,22)23)13-18(21)19-12-14-7-5-4-6-8-14/h7,9-11H,4-6,8,12-13H2,1-3H3,(H,19,21). The maximum atomic E-state index is 12.4. The van der Waals surface area contributed by atoms with Crippen LogP contribution in [0.2, 0.25) is 0 Å². The SMILES string of the molecule is COc1ccc(OC)c(N(CC(=O)NCC2=CCCCC2)S(C)(=O)=O)c1. The summed E-state index contributed by atoms with van der Waals surface area (Å²) < 4.78 is 36.0. The van der Waals surface area contributed by atoms with Crippen LogP contribution in [0.15, 0.2) is 29.8 Å². The zero-order valence-corrected chi connectivity index (χ0v) is 16.3. The van der Waals surface area contributed by atoms with E-state index in [9.17, 15) is 13.2 Å². The molecule has 1 aromatic carbocycles. The fraction of sp³-hybridized carbons (Fsp3) is 0.500. The molecule has 0 bridgehead atoms. The quantitative estimate of drug-likeness (QED) is 0.696. The van der Waals surface area contributed by atoms with Gasteiger partial charge in [0.05, 0.1) is 26.2 Å². The number of sulfonamides is 1. The number of carbonyl (C=O) groups is 1. The molecule has 1 aliphatic rings. The molecular weight excluding hydrogens is 356 g/mol. The second-order valence-electron chi connectivity index (χ2n) is 6.19. The molecule has 0 atom stereocenters. The summed E-state index contributed by atoms with van der Waals surface area (Å²) in [6, 6.07) is 4.81. The van der Waals surface area contributed by atoms with Crippen LogP contribution >= 0.6 is 0 Å². The summed E-state index contributed by atoms with van der Waals surface area (Å²) in [7, 11) is -0.759. The van der Waals surface area contributed by atoms with Gasteiger partial charge in [-0.2, -0.15) is 0 Å². The molecule has 1 aromatic rings. The van der Waals surface area contributed by atoms with Crippen LogP contribution in [-0.2, 0) is 14.8 Å². The molecule has 144 valence electrons. The number of ether oxygens (including phenoxy) is 2. The molecule has 26 heavy (non-hydrogen) atoms. The second-order valence-corrected chi connectivity index (χ2v) is 8.10. The van der Waals surface area contributed by atoms with Gasteiger partial charge in [-0.1, -0.05) is 11.6 Å². The molecule has 0 saturated heterocycles. The van der Waals surface area contributed by atoms with Gasteiger partial charge in [-0.05, 0) is 37.8 Å². The number of methoxy groups -OCH3 is 2. The molecule has 7 nitrogen and oxygen atoms in total. The van der Waals surface area contributed by atoms with Crippen molar-refractivity contribution in [2.24, 2.45) is 0 Å². The van der Waals surface area contributed by atoms with Crippen LogP contribution in [0.4, 0.5) is 5.69 Å². The van der Waals surface area contributed by atoms with Gasteiger partial charge in [0, 0.05) is 12.6 Å². The van der Waals surface area contributed by atoms with E-state index in [1.54, 1.807) is 12.1 Å². The van der Waals surface area contributed by atoms with Gasteiger partial charge in [0.2, 0.25) is 15.9 Å². The minimum Gasteiger partial charge on any atom is -0.497 e. The molecule has 0 spiro atoms. The topological polar surface area (TPSA) is 84.9 Å². The Morgan fingerprint density at radius 2 is 2.00 bits per heavy atom. The highest BCUT2D eigenvalue weighted by Crippen LogP contribution is 2.33. The van der Waals surface area contributed by atoms with Crippen molar-refractivity contribution in [2.45, 2.75) is 25.7 Å². The van der Waals surface area contributed by atoms with Crippen molar-refractivity contribution in [1.29, 1.82) is 0 Å². The molecular formula is C18H26N2O5S. The van der Waals surface area contributed by atoms with Crippen LogP contribution in [-0.4, -0.2) is 47.9 Å². The van der Waals surface area contributed by atoms with Crippen LogP contribution in [0.5, 0.6) is 11.5 Å². The summed E-state index contributed by atoms with van der Waals surface area (Å²) in [5, 5.41) is 2.81. The third-order valence-electron chi connectivity index (χ3n) is 4.24. The monoisotopic (exact) mass is 382 g/mol. The van der Waals surface area contributed by atoms with E-state index in [4.69, 9.17) is 9.47 Å². The van der Waals surface area contributed by atoms with Gasteiger partial charge in [0.15, 0.2) is 0 Å². The van der Waals surface area contributed by atoms with E-state index in [2.05, 4.69) is 11.4 Å². The Kier molecular flexibility index (Phi) is 6.90. The summed E-state index contributed by atoms with van der Waals surface area (Å²) in [4.78, 5) is 12.4. The Morgan fingerprint density at radius 1 is 1.23 bits per heavy atom. The lowest BCUT2D eigenvalue weighted by atomic mass is 10.00. The first-order valence-corrected chi connectivity index (χ1v) is 10.3. The molecule has 0 fully saturated rings. The summed E-state index contributed by atoms with van der Waals surface area (Å²) in [5.41, 5.74) is 1.45. The lowest BCUT2D eigenvalue weighted by Crippen LogP contribution is -2.41. The van der Waals surface area contributed by atoms with Crippen molar-refractivity contribution in [3.63, 3.8) is 0 Å². The van der Waals surface area contributed by atoms with Gasteiger partial charge in [-0.3, -0.25) is 9.10 Å². The van der Waals surface area contributed by atoms with Gasteiger partial charge in [0.25, 0.3) is 0 Å². The van der Waals surface area contributed by atoms with Gasteiger partial charge < -0.3 is 14.8 Å². The number of nitrogens with zero attached hydrogens (tertiary/aromatic N) is 1. The van der Waals surface area contributed by atoms with Crippen LogP contribution in [0, 0.1) is 0 Å². The fourth-order valence-corrected chi connectivity index (χ4v) is 3.69. The van der Waals surface area contributed by atoms with Crippen molar-refractivity contribution >= 4 is 21.6 Å². The van der Waals surface area contributed by atoms with Gasteiger partial charge in [0.1, 0.15) is 18.0 Å². The molecule has 1 amide bonds. The number of nitrogens with one attached hydrogen (secondary N) is 1. The highest BCUT2D eigenvalue weighted by molar-refractivity contribution is 7.92. The number of allylic oxidation sites excluding steroid dienone is 1. The smallest absolute Gasteiger partial charge is 0.241 e. The number of carbonyl (C=O) groups excluding carboxylic acids is 1. The summed E-state index contributed by atoms with van der Waals surface area (Å²) in [6.07, 6.45) is 7.50. The summed E-state index contributed by atoms with van der Waals surface area (Å²) in [5.74, 6) is 0.452. The Bertz CT molecular complexity index is 774. The molecule has 0 radical (unpaired) electrons. The van der Waals surface area contributed by atoms with Crippen molar-refractivity contribution in [3.8, 4) is 11.5 Å². The van der Waals surface area contributed by atoms with Crippen molar-refractivity contribution in [2.75, 3.05) is 37.9 Å². The Hall–Kier alpha value is -2.22. The fourth-order valence-electron chi connectivity index (χ4n) is 2.84. The van der Waals surface area contributed by atoms with Crippen molar-refractivity contribution in [1.82, 2.24) is 5.32 Å². The Morgan fingerprint density at radius 3 is 2.58 bits per heavy atom. The summed E-state index contributed by atoms with van der Waals surface area (Å²) in [6.45, 7) is 0.126. The lowest BCUT2D eigenvalue weighted by Gasteiger charge is -2.24. The zero-order chi connectivity index (χ0) is 19.2. The third kappa shape index (κ3) is 5.39. The van der Waals surface area contributed by atoms with E-state index < -0.39 is 10.0 Å². The Labute approximate surface area is 155 Å². The van der Waals surface area contributed by atoms with E-state index in [0.717, 1.165) is 29.8 Å². The molecule has 1 aliphatic carbocycles. The predicted molar refractivity (Wildman–Crippen MR) is 101 cm³/mol. The molecule has 0 heterocycles. The first-order valence-electron chi connectivity index (χ1n) is 8.49. The zero-order valence-electron chi connectivity index (χ0n) is 15.4. The maximum absolute atomic E-state index is 12.4. The third-order valence-corrected chi connectivity index (χ3v) is 5.37. The highest BCUT2D eigenvalue weighted by atomic mass is 32.2. The number of benzene rings is 1. The van der Waals surface area contributed by atoms with Crippen LogP contribution in [0.1, 0.15) is 25.7 Å². The number of hydrogen-bond donors (Lipinski definition) is 1. The average molecular weight is 382 g/mol. The van der Waals surface area contributed by atoms with Crippen molar-refractivity contribution < 1.29 is 22.7 Å². The van der Waals surface area contributed by atoms with E-state index in [0.29, 0.717) is 18.0 Å².